The first kappa shape index (κ1) is 13.6. The molecule has 0 amide bonds. The second kappa shape index (κ2) is 5.03. The van der Waals surface area contributed by atoms with Gasteiger partial charge in [0.05, 0.1) is 13.2 Å². The van der Waals surface area contributed by atoms with Gasteiger partial charge in [0.1, 0.15) is 11.2 Å². The standard InChI is InChI=1S/C15H18O4/c1-10(2)19-12-6-4-11(5-7-12)13(16)15(8-9-15)14(17)18-3/h4-7,10H,8-9H2,1-3H3. The molecule has 1 aromatic rings. The summed E-state index contributed by atoms with van der Waals surface area (Å²) in [6, 6.07) is 6.90. The molecule has 1 aliphatic carbocycles. The first-order valence-electron chi connectivity index (χ1n) is 6.39. The number of Topliss-reactive ketones (excluding diaryl/α,β-unsaturated/α-hetero) is 1. The Kier molecular flexibility index (Phi) is 3.60. The molecule has 0 radical (unpaired) electrons. The van der Waals surface area contributed by atoms with E-state index in [1.807, 2.05) is 13.8 Å². The molecule has 0 aromatic heterocycles. The summed E-state index contributed by atoms with van der Waals surface area (Å²) in [6.07, 6.45) is 1.23. The van der Waals surface area contributed by atoms with Crippen LogP contribution < -0.4 is 4.74 Å². The van der Waals surface area contributed by atoms with Crippen molar-refractivity contribution in [3.63, 3.8) is 0 Å². The molecular formula is C15H18O4. The van der Waals surface area contributed by atoms with Crippen LogP contribution in [0.25, 0.3) is 0 Å². The summed E-state index contributed by atoms with van der Waals surface area (Å²) in [7, 11) is 1.31. The van der Waals surface area contributed by atoms with Crippen LogP contribution in [0, 0.1) is 5.41 Å². The quantitative estimate of drug-likeness (QED) is 0.465. The predicted octanol–water partition coefficient (Wildman–Crippen LogP) is 2.61. The van der Waals surface area contributed by atoms with E-state index in [1.165, 1.54) is 7.11 Å². The highest BCUT2D eigenvalue weighted by atomic mass is 16.5. The molecule has 1 saturated carbocycles. The van der Waals surface area contributed by atoms with Gasteiger partial charge in [-0.05, 0) is 51.0 Å². The molecule has 1 aliphatic rings. The smallest absolute Gasteiger partial charge is 0.319 e. The molecular weight excluding hydrogens is 244 g/mol. The fourth-order valence-corrected chi connectivity index (χ4v) is 2.08. The van der Waals surface area contributed by atoms with Crippen molar-refractivity contribution in [2.75, 3.05) is 7.11 Å². The third-order valence-electron chi connectivity index (χ3n) is 3.25. The predicted molar refractivity (Wildman–Crippen MR) is 70.2 cm³/mol. The Bertz CT molecular complexity index is 483. The van der Waals surface area contributed by atoms with Crippen molar-refractivity contribution >= 4 is 11.8 Å². The summed E-state index contributed by atoms with van der Waals surface area (Å²) in [4.78, 5) is 24.0. The highest BCUT2D eigenvalue weighted by molar-refractivity contribution is 6.14. The van der Waals surface area contributed by atoms with Gasteiger partial charge in [0.25, 0.3) is 0 Å². The zero-order valence-electron chi connectivity index (χ0n) is 11.4. The first-order valence-corrected chi connectivity index (χ1v) is 6.39. The van der Waals surface area contributed by atoms with Crippen molar-refractivity contribution in [2.45, 2.75) is 32.8 Å². The second-order valence-corrected chi connectivity index (χ2v) is 5.09. The molecule has 102 valence electrons. The maximum atomic E-state index is 12.3. The van der Waals surface area contributed by atoms with E-state index >= 15 is 0 Å². The number of esters is 1. The van der Waals surface area contributed by atoms with Gasteiger partial charge >= 0.3 is 5.97 Å². The minimum absolute atomic E-state index is 0.0893. The fourth-order valence-electron chi connectivity index (χ4n) is 2.08. The maximum Gasteiger partial charge on any atom is 0.319 e. The average molecular weight is 262 g/mol. The molecule has 0 saturated heterocycles. The minimum Gasteiger partial charge on any atom is -0.491 e. The van der Waals surface area contributed by atoms with Crippen LogP contribution in [0.5, 0.6) is 5.75 Å². The van der Waals surface area contributed by atoms with Gasteiger partial charge in [-0.15, -0.1) is 0 Å². The third-order valence-corrected chi connectivity index (χ3v) is 3.25. The Balaban J connectivity index is 2.14. The van der Waals surface area contributed by atoms with Crippen molar-refractivity contribution in [3.8, 4) is 5.75 Å². The number of ether oxygens (including phenoxy) is 2. The molecule has 4 nitrogen and oxygen atoms in total. The van der Waals surface area contributed by atoms with Crippen LogP contribution in [0.1, 0.15) is 37.0 Å². The molecule has 0 unspecified atom stereocenters. The number of hydrogen-bond donors (Lipinski definition) is 0. The Morgan fingerprint density at radius 3 is 2.16 bits per heavy atom. The van der Waals surface area contributed by atoms with E-state index in [-0.39, 0.29) is 11.9 Å². The molecule has 0 bridgehead atoms. The van der Waals surface area contributed by atoms with Crippen LogP contribution in [0.4, 0.5) is 0 Å². The Morgan fingerprint density at radius 2 is 1.74 bits per heavy atom. The number of carbonyl (C=O) groups excluding carboxylic acids is 2. The summed E-state index contributed by atoms with van der Waals surface area (Å²) in [5.74, 6) is 0.130. The molecule has 0 atom stereocenters. The van der Waals surface area contributed by atoms with Gasteiger partial charge in [0.2, 0.25) is 0 Å². The van der Waals surface area contributed by atoms with Gasteiger partial charge < -0.3 is 9.47 Å². The molecule has 0 spiro atoms. The van der Waals surface area contributed by atoms with Crippen molar-refractivity contribution < 1.29 is 19.1 Å². The van der Waals surface area contributed by atoms with Crippen molar-refractivity contribution in [3.05, 3.63) is 29.8 Å². The van der Waals surface area contributed by atoms with E-state index in [4.69, 9.17) is 9.47 Å². The van der Waals surface area contributed by atoms with Gasteiger partial charge in [0, 0.05) is 5.56 Å². The van der Waals surface area contributed by atoms with Crippen LogP contribution in [0.3, 0.4) is 0 Å². The van der Waals surface area contributed by atoms with E-state index in [9.17, 15) is 9.59 Å². The lowest BCUT2D eigenvalue weighted by atomic mass is 9.95. The maximum absolute atomic E-state index is 12.3. The summed E-state index contributed by atoms with van der Waals surface area (Å²) >= 11 is 0. The Morgan fingerprint density at radius 1 is 1.16 bits per heavy atom. The van der Waals surface area contributed by atoms with Gasteiger partial charge in [-0.1, -0.05) is 0 Å². The Labute approximate surface area is 112 Å². The Hall–Kier alpha value is -1.84. The minimum atomic E-state index is -0.935. The average Bonchev–Trinajstić information content (AvgIpc) is 3.18. The fraction of sp³-hybridized carbons (Fsp3) is 0.467. The lowest BCUT2D eigenvalue weighted by molar-refractivity contribution is -0.145. The highest BCUT2D eigenvalue weighted by Gasteiger charge is 2.57. The first-order chi connectivity index (χ1) is 8.99. The third kappa shape index (κ3) is 2.62. The second-order valence-electron chi connectivity index (χ2n) is 5.09. The van der Waals surface area contributed by atoms with E-state index < -0.39 is 11.4 Å². The van der Waals surface area contributed by atoms with Crippen molar-refractivity contribution in [1.29, 1.82) is 0 Å². The van der Waals surface area contributed by atoms with Gasteiger partial charge in [0.15, 0.2) is 5.78 Å². The largest absolute Gasteiger partial charge is 0.491 e. The molecule has 0 N–H and O–H groups in total. The molecule has 2 rings (SSSR count). The van der Waals surface area contributed by atoms with E-state index in [2.05, 4.69) is 0 Å². The molecule has 0 heterocycles. The number of methoxy groups -OCH3 is 1. The number of rotatable bonds is 5. The molecule has 0 aliphatic heterocycles. The molecule has 1 aromatic carbocycles. The number of ketones is 1. The van der Waals surface area contributed by atoms with Crippen LogP contribution in [0.15, 0.2) is 24.3 Å². The van der Waals surface area contributed by atoms with Crippen LogP contribution in [-0.4, -0.2) is 25.0 Å². The van der Waals surface area contributed by atoms with Crippen LogP contribution >= 0.6 is 0 Å². The number of hydrogen-bond acceptors (Lipinski definition) is 4. The topological polar surface area (TPSA) is 52.6 Å². The SMILES string of the molecule is COC(=O)C1(C(=O)c2ccc(OC(C)C)cc2)CC1. The molecule has 19 heavy (non-hydrogen) atoms. The summed E-state index contributed by atoms with van der Waals surface area (Å²) in [5.41, 5.74) is -0.408. The van der Waals surface area contributed by atoms with Gasteiger partial charge in [-0.2, -0.15) is 0 Å². The normalized spacial score (nSPS) is 16.0. The molecule has 4 heteroatoms. The van der Waals surface area contributed by atoms with Gasteiger partial charge in [-0.3, -0.25) is 9.59 Å². The zero-order valence-corrected chi connectivity index (χ0v) is 11.4. The summed E-state index contributed by atoms with van der Waals surface area (Å²) in [5, 5.41) is 0. The molecule has 1 fully saturated rings. The van der Waals surface area contributed by atoms with Gasteiger partial charge in [-0.25, -0.2) is 0 Å². The lowest BCUT2D eigenvalue weighted by Gasteiger charge is -2.13. The van der Waals surface area contributed by atoms with Crippen LogP contribution in [0.2, 0.25) is 0 Å². The monoisotopic (exact) mass is 262 g/mol. The lowest BCUT2D eigenvalue weighted by Crippen LogP contribution is -2.27. The van der Waals surface area contributed by atoms with Crippen molar-refractivity contribution in [2.24, 2.45) is 5.41 Å². The summed E-state index contributed by atoms with van der Waals surface area (Å²) in [6.45, 7) is 3.88. The van der Waals surface area contributed by atoms with E-state index in [1.54, 1.807) is 24.3 Å². The highest BCUT2D eigenvalue weighted by Crippen LogP contribution is 2.49. The zero-order chi connectivity index (χ0) is 14.0. The number of benzene rings is 1. The van der Waals surface area contributed by atoms with E-state index in [0.717, 1.165) is 5.75 Å². The summed E-state index contributed by atoms with van der Waals surface area (Å²) < 4.78 is 10.2. The van der Waals surface area contributed by atoms with E-state index in [0.29, 0.717) is 18.4 Å². The number of carbonyl (C=O) groups is 2. The van der Waals surface area contributed by atoms with Crippen LogP contribution in [-0.2, 0) is 9.53 Å². The van der Waals surface area contributed by atoms with Crippen molar-refractivity contribution in [1.82, 2.24) is 0 Å².